The summed E-state index contributed by atoms with van der Waals surface area (Å²) in [6.45, 7) is 1.89. The maximum Gasteiger partial charge on any atom is 0.109 e. The van der Waals surface area contributed by atoms with Crippen LogP contribution in [0.1, 0.15) is 39.0 Å². The van der Waals surface area contributed by atoms with E-state index in [-0.39, 0.29) is 12.6 Å². The number of hydrogen-bond acceptors (Lipinski definition) is 5. The first kappa shape index (κ1) is 14.9. The summed E-state index contributed by atoms with van der Waals surface area (Å²) in [5.74, 6) is 0. The van der Waals surface area contributed by atoms with E-state index < -0.39 is 24.4 Å². The topological polar surface area (TPSA) is 93.0 Å². The van der Waals surface area contributed by atoms with E-state index in [1.54, 1.807) is 0 Å². The SMILES string of the molecule is CCCCCC[C@H]1N[C@@H](CO)[C@@H](O)[C@H](O)[C@H]1O. The van der Waals surface area contributed by atoms with Gasteiger partial charge in [-0.15, -0.1) is 0 Å². The molecule has 102 valence electrons. The van der Waals surface area contributed by atoms with E-state index in [0.717, 1.165) is 32.1 Å². The number of unbranched alkanes of at least 4 members (excludes halogenated alkanes) is 3. The van der Waals surface area contributed by atoms with Gasteiger partial charge in [-0.3, -0.25) is 0 Å². The molecule has 1 rings (SSSR count). The highest BCUT2D eigenvalue weighted by atomic mass is 16.4. The molecular weight excluding hydrogens is 222 g/mol. The van der Waals surface area contributed by atoms with Crippen LogP contribution in [0.15, 0.2) is 0 Å². The number of aliphatic hydroxyl groups is 4. The third-order valence-corrected chi connectivity index (χ3v) is 3.52. The lowest BCUT2D eigenvalue weighted by Gasteiger charge is -2.41. The summed E-state index contributed by atoms with van der Waals surface area (Å²) in [5.41, 5.74) is 0. The zero-order chi connectivity index (χ0) is 12.8. The van der Waals surface area contributed by atoms with Gasteiger partial charge in [-0.1, -0.05) is 32.6 Å². The second kappa shape index (κ2) is 7.28. The first-order valence-corrected chi connectivity index (χ1v) is 6.53. The van der Waals surface area contributed by atoms with Gasteiger partial charge in [0.05, 0.1) is 24.9 Å². The average molecular weight is 247 g/mol. The number of nitrogens with one attached hydrogen (secondary N) is 1. The van der Waals surface area contributed by atoms with E-state index in [0.29, 0.717) is 0 Å². The van der Waals surface area contributed by atoms with Crippen LogP contribution in [0.25, 0.3) is 0 Å². The molecule has 0 spiro atoms. The van der Waals surface area contributed by atoms with Gasteiger partial charge < -0.3 is 25.7 Å². The summed E-state index contributed by atoms with van der Waals surface area (Å²) < 4.78 is 0. The Morgan fingerprint density at radius 2 is 1.53 bits per heavy atom. The quantitative estimate of drug-likeness (QED) is 0.403. The Bertz CT molecular complexity index is 213. The normalized spacial score (nSPS) is 38.3. The van der Waals surface area contributed by atoms with Crippen LogP contribution in [-0.4, -0.2) is 57.4 Å². The first-order chi connectivity index (χ1) is 8.11. The molecule has 0 amide bonds. The molecule has 5 nitrogen and oxygen atoms in total. The molecule has 0 unspecified atom stereocenters. The molecule has 0 aliphatic carbocycles. The predicted octanol–water partition coefficient (Wildman–Crippen LogP) is -0.628. The fraction of sp³-hybridized carbons (Fsp3) is 1.00. The van der Waals surface area contributed by atoms with Crippen molar-refractivity contribution < 1.29 is 20.4 Å². The Morgan fingerprint density at radius 1 is 0.882 bits per heavy atom. The minimum atomic E-state index is -1.18. The lowest BCUT2D eigenvalue weighted by molar-refractivity contribution is -0.120. The maximum absolute atomic E-state index is 9.82. The van der Waals surface area contributed by atoms with E-state index in [2.05, 4.69) is 12.2 Å². The van der Waals surface area contributed by atoms with Crippen molar-refractivity contribution in [1.82, 2.24) is 5.32 Å². The van der Waals surface area contributed by atoms with Gasteiger partial charge in [0.2, 0.25) is 0 Å². The van der Waals surface area contributed by atoms with Crippen molar-refractivity contribution in [1.29, 1.82) is 0 Å². The van der Waals surface area contributed by atoms with Gasteiger partial charge in [0.15, 0.2) is 0 Å². The molecule has 5 heteroatoms. The molecule has 1 fully saturated rings. The Hall–Kier alpha value is -0.200. The smallest absolute Gasteiger partial charge is 0.109 e. The number of hydrogen-bond donors (Lipinski definition) is 5. The van der Waals surface area contributed by atoms with Crippen molar-refractivity contribution in [3.63, 3.8) is 0 Å². The van der Waals surface area contributed by atoms with Gasteiger partial charge in [0.1, 0.15) is 6.10 Å². The molecule has 0 aromatic carbocycles. The fourth-order valence-electron chi connectivity index (χ4n) is 2.36. The van der Waals surface area contributed by atoms with Crippen LogP contribution < -0.4 is 5.32 Å². The lowest BCUT2D eigenvalue weighted by Crippen LogP contribution is -2.65. The van der Waals surface area contributed by atoms with Crippen molar-refractivity contribution >= 4 is 0 Å². The number of aliphatic hydroxyl groups excluding tert-OH is 4. The van der Waals surface area contributed by atoms with E-state index in [9.17, 15) is 15.3 Å². The van der Waals surface area contributed by atoms with Crippen LogP contribution in [0.3, 0.4) is 0 Å². The van der Waals surface area contributed by atoms with Gasteiger partial charge in [-0.05, 0) is 6.42 Å². The molecule has 0 saturated carbocycles. The highest BCUT2D eigenvalue weighted by Gasteiger charge is 2.41. The van der Waals surface area contributed by atoms with Gasteiger partial charge >= 0.3 is 0 Å². The van der Waals surface area contributed by atoms with E-state index in [1.807, 2.05) is 0 Å². The number of rotatable bonds is 6. The van der Waals surface area contributed by atoms with E-state index in [1.165, 1.54) is 0 Å². The van der Waals surface area contributed by atoms with Gasteiger partial charge in [-0.2, -0.15) is 0 Å². The summed E-state index contributed by atoms with van der Waals surface area (Å²) in [6, 6.07) is -0.799. The molecule has 5 N–H and O–H groups in total. The molecule has 1 aliphatic rings. The Balaban J connectivity index is 2.42. The van der Waals surface area contributed by atoms with Crippen LogP contribution in [0.5, 0.6) is 0 Å². The van der Waals surface area contributed by atoms with E-state index >= 15 is 0 Å². The van der Waals surface area contributed by atoms with Crippen LogP contribution in [0.2, 0.25) is 0 Å². The maximum atomic E-state index is 9.82. The van der Waals surface area contributed by atoms with Gasteiger partial charge in [0.25, 0.3) is 0 Å². The van der Waals surface area contributed by atoms with Crippen LogP contribution in [0, 0.1) is 0 Å². The minimum absolute atomic E-state index is 0.240. The Morgan fingerprint density at radius 3 is 2.12 bits per heavy atom. The molecule has 0 bridgehead atoms. The standard InChI is InChI=1S/C12H25NO4/c1-2-3-4-5-6-8-10(15)12(17)11(16)9(7-14)13-8/h8-17H,2-7H2,1H3/t8-,9+,10+,11-,12-/m1/s1. The van der Waals surface area contributed by atoms with Crippen molar-refractivity contribution in [3.05, 3.63) is 0 Å². The van der Waals surface area contributed by atoms with Gasteiger partial charge in [0, 0.05) is 6.04 Å². The summed E-state index contributed by atoms with van der Waals surface area (Å²) in [4.78, 5) is 0. The monoisotopic (exact) mass is 247 g/mol. The molecule has 1 heterocycles. The molecule has 1 aliphatic heterocycles. The van der Waals surface area contributed by atoms with Crippen LogP contribution >= 0.6 is 0 Å². The molecule has 17 heavy (non-hydrogen) atoms. The zero-order valence-electron chi connectivity index (χ0n) is 10.4. The molecule has 0 radical (unpaired) electrons. The minimum Gasteiger partial charge on any atom is -0.395 e. The van der Waals surface area contributed by atoms with Crippen LogP contribution in [0.4, 0.5) is 0 Å². The molecule has 5 atom stereocenters. The number of piperidine rings is 1. The lowest BCUT2D eigenvalue weighted by atomic mass is 9.88. The highest BCUT2D eigenvalue weighted by molar-refractivity contribution is 4.97. The van der Waals surface area contributed by atoms with Crippen molar-refractivity contribution in [2.75, 3.05) is 6.61 Å². The third kappa shape index (κ3) is 3.89. The molecule has 0 aromatic heterocycles. The molecular formula is C12H25NO4. The Labute approximate surface area is 102 Å². The first-order valence-electron chi connectivity index (χ1n) is 6.53. The molecule has 0 aromatic rings. The summed E-state index contributed by atoms with van der Waals surface area (Å²) in [7, 11) is 0. The second-order valence-corrected chi connectivity index (χ2v) is 4.88. The van der Waals surface area contributed by atoms with Gasteiger partial charge in [-0.25, -0.2) is 0 Å². The van der Waals surface area contributed by atoms with E-state index in [4.69, 9.17) is 5.11 Å². The van der Waals surface area contributed by atoms with Crippen LogP contribution in [-0.2, 0) is 0 Å². The summed E-state index contributed by atoms with van der Waals surface area (Å²) >= 11 is 0. The van der Waals surface area contributed by atoms with Crippen molar-refractivity contribution in [3.8, 4) is 0 Å². The predicted molar refractivity (Wildman–Crippen MR) is 64.6 cm³/mol. The zero-order valence-corrected chi connectivity index (χ0v) is 10.4. The average Bonchev–Trinajstić information content (AvgIpc) is 2.34. The highest BCUT2D eigenvalue weighted by Crippen LogP contribution is 2.19. The van der Waals surface area contributed by atoms with Crippen molar-refractivity contribution in [2.45, 2.75) is 69.4 Å². The summed E-state index contributed by atoms with van der Waals surface area (Å²) in [5, 5.41) is 41.2. The Kier molecular flexibility index (Phi) is 6.37. The summed E-state index contributed by atoms with van der Waals surface area (Å²) in [6.07, 6.45) is 1.90. The second-order valence-electron chi connectivity index (χ2n) is 4.88. The largest absolute Gasteiger partial charge is 0.395 e. The fourth-order valence-corrected chi connectivity index (χ4v) is 2.36. The van der Waals surface area contributed by atoms with Crippen molar-refractivity contribution in [2.24, 2.45) is 0 Å². The molecule has 1 saturated heterocycles. The third-order valence-electron chi connectivity index (χ3n) is 3.52.